The first-order valence-corrected chi connectivity index (χ1v) is 6.19. The summed E-state index contributed by atoms with van der Waals surface area (Å²) in [4.78, 5) is 10.7. The summed E-state index contributed by atoms with van der Waals surface area (Å²) in [7, 11) is 0. The molecule has 3 nitrogen and oxygen atoms in total. The van der Waals surface area contributed by atoms with Crippen molar-refractivity contribution >= 4 is 17.9 Å². The van der Waals surface area contributed by atoms with Crippen molar-refractivity contribution in [3.8, 4) is 5.75 Å². The van der Waals surface area contributed by atoms with E-state index in [0.717, 1.165) is 29.0 Å². The van der Waals surface area contributed by atoms with Gasteiger partial charge in [-0.25, -0.2) is 0 Å². The average Bonchev–Trinajstić information content (AvgIpc) is 2.97. The Hall–Kier alpha value is -1.74. The van der Waals surface area contributed by atoms with Gasteiger partial charge in [-0.05, 0) is 23.8 Å². The molecule has 0 aliphatic carbocycles. The molecule has 3 rings (SSSR count). The first-order valence-electron chi connectivity index (χ1n) is 5.81. The number of benzene rings is 1. The SMILES string of the molecule is O=Cc1ccn(Cc2cc(Cl)cc3c2OCC3)c1. The number of carbonyl (C=O) groups excluding carboxylic acids is 1. The second-order valence-corrected chi connectivity index (χ2v) is 4.82. The van der Waals surface area contributed by atoms with Crippen LogP contribution >= 0.6 is 11.6 Å². The quantitative estimate of drug-likeness (QED) is 0.796. The molecule has 0 saturated heterocycles. The zero-order chi connectivity index (χ0) is 12.5. The van der Waals surface area contributed by atoms with Gasteiger partial charge in [-0.1, -0.05) is 11.6 Å². The van der Waals surface area contributed by atoms with Gasteiger partial charge >= 0.3 is 0 Å². The summed E-state index contributed by atoms with van der Waals surface area (Å²) >= 11 is 6.11. The Bertz CT molecular complexity index is 604. The molecule has 2 heterocycles. The Morgan fingerprint density at radius 2 is 2.33 bits per heavy atom. The van der Waals surface area contributed by atoms with Gasteiger partial charge in [-0.3, -0.25) is 4.79 Å². The lowest BCUT2D eigenvalue weighted by Gasteiger charge is -2.09. The Balaban J connectivity index is 1.95. The molecule has 0 N–H and O–H groups in total. The Labute approximate surface area is 110 Å². The van der Waals surface area contributed by atoms with E-state index in [9.17, 15) is 4.79 Å². The second kappa shape index (κ2) is 4.50. The molecule has 1 aromatic heterocycles. The highest BCUT2D eigenvalue weighted by molar-refractivity contribution is 6.30. The third kappa shape index (κ3) is 2.02. The molecule has 1 aliphatic rings. The smallest absolute Gasteiger partial charge is 0.151 e. The maximum absolute atomic E-state index is 10.7. The van der Waals surface area contributed by atoms with Crippen LogP contribution in [0, 0.1) is 0 Å². The largest absolute Gasteiger partial charge is 0.493 e. The number of hydrogen-bond donors (Lipinski definition) is 0. The Morgan fingerprint density at radius 1 is 1.44 bits per heavy atom. The maximum Gasteiger partial charge on any atom is 0.151 e. The molecule has 18 heavy (non-hydrogen) atoms. The van der Waals surface area contributed by atoms with Gasteiger partial charge in [0.05, 0.1) is 13.2 Å². The minimum absolute atomic E-state index is 0.663. The number of hydrogen-bond acceptors (Lipinski definition) is 2. The van der Waals surface area contributed by atoms with E-state index >= 15 is 0 Å². The fourth-order valence-electron chi connectivity index (χ4n) is 2.29. The highest BCUT2D eigenvalue weighted by Gasteiger charge is 2.17. The Kier molecular flexibility index (Phi) is 2.84. The van der Waals surface area contributed by atoms with Crippen LogP contribution in [0.3, 0.4) is 0 Å². The van der Waals surface area contributed by atoms with Crippen LogP contribution < -0.4 is 4.74 Å². The number of aldehydes is 1. The first-order chi connectivity index (χ1) is 8.76. The van der Waals surface area contributed by atoms with Crippen LogP contribution in [0.25, 0.3) is 0 Å². The van der Waals surface area contributed by atoms with Gasteiger partial charge < -0.3 is 9.30 Å². The number of fused-ring (bicyclic) bond motifs is 1. The topological polar surface area (TPSA) is 31.2 Å². The predicted octanol–water partition coefficient (Wildman–Crippen LogP) is 2.94. The Morgan fingerprint density at radius 3 is 3.11 bits per heavy atom. The van der Waals surface area contributed by atoms with Crippen LogP contribution in [0.1, 0.15) is 21.5 Å². The summed E-state index contributed by atoms with van der Waals surface area (Å²) in [6.07, 6.45) is 5.45. The van der Waals surface area contributed by atoms with Crippen LogP contribution in [0.4, 0.5) is 0 Å². The van der Waals surface area contributed by atoms with Crippen LogP contribution in [0.2, 0.25) is 5.02 Å². The predicted molar refractivity (Wildman–Crippen MR) is 69.6 cm³/mol. The molecule has 0 bridgehead atoms. The lowest BCUT2D eigenvalue weighted by Crippen LogP contribution is -1.99. The second-order valence-electron chi connectivity index (χ2n) is 4.39. The van der Waals surface area contributed by atoms with E-state index in [4.69, 9.17) is 16.3 Å². The van der Waals surface area contributed by atoms with Crippen molar-refractivity contribution in [1.29, 1.82) is 0 Å². The van der Waals surface area contributed by atoms with Crippen molar-refractivity contribution in [1.82, 2.24) is 4.57 Å². The number of halogens is 1. The van der Waals surface area contributed by atoms with Gasteiger partial charge in [-0.15, -0.1) is 0 Å². The molecule has 0 fully saturated rings. The third-order valence-electron chi connectivity index (χ3n) is 3.09. The van der Waals surface area contributed by atoms with Crippen molar-refractivity contribution in [2.75, 3.05) is 6.61 Å². The lowest BCUT2D eigenvalue weighted by molar-refractivity contribution is 0.112. The van der Waals surface area contributed by atoms with E-state index in [-0.39, 0.29) is 0 Å². The molecule has 92 valence electrons. The average molecular weight is 262 g/mol. The summed E-state index contributed by atoms with van der Waals surface area (Å²) in [5, 5.41) is 0.733. The molecular formula is C14H12ClNO2. The van der Waals surface area contributed by atoms with E-state index < -0.39 is 0 Å². The highest BCUT2D eigenvalue weighted by Crippen LogP contribution is 2.33. The van der Waals surface area contributed by atoms with E-state index in [0.29, 0.717) is 18.7 Å². The molecule has 0 saturated carbocycles. The molecule has 4 heteroatoms. The molecular weight excluding hydrogens is 250 g/mol. The monoisotopic (exact) mass is 261 g/mol. The number of rotatable bonds is 3. The molecule has 2 aromatic rings. The van der Waals surface area contributed by atoms with Gasteiger partial charge in [0.25, 0.3) is 0 Å². The van der Waals surface area contributed by atoms with Gasteiger partial charge in [0.15, 0.2) is 6.29 Å². The van der Waals surface area contributed by atoms with E-state index in [1.165, 1.54) is 5.56 Å². The summed E-state index contributed by atoms with van der Waals surface area (Å²) in [5.41, 5.74) is 2.90. The van der Waals surface area contributed by atoms with E-state index in [1.54, 1.807) is 6.07 Å². The van der Waals surface area contributed by atoms with Crippen molar-refractivity contribution in [3.05, 3.63) is 52.3 Å². The highest BCUT2D eigenvalue weighted by atomic mass is 35.5. The van der Waals surface area contributed by atoms with Gasteiger partial charge in [0.1, 0.15) is 5.75 Å². The third-order valence-corrected chi connectivity index (χ3v) is 3.31. The molecule has 1 aromatic carbocycles. The zero-order valence-corrected chi connectivity index (χ0v) is 10.5. The van der Waals surface area contributed by atoms with Crippen molar-refractivity contribution < 1.29 is 9.53 Å². The minimum Gasteiger partial charge on any atom is -0.493 e. The molecule has 0 amide bonds. The summed E-state index contributed by atoms with van der Waals surface area (Å²) in [6.45, 7) is 1.38. The fraction of sp³-hybridized carbons (Fsp3) is 0.214. The van der Waals surface area contributed by atoms with Crippen LogP contribution in [-0.4, -0.2) is 17.5 Å². The number of ether oxygens (including phenoxy) is 1. The van der Waals surface area contributed by atoms with Crippen LogP contribution in [0.5, 0.6) is 5.75 Å². The fourth-order valence-corrected chi connectivity index (χ4v) is 2.55. The van der Waals surface area contributed by atoms with Crippen molar-refractivity contribution in [3.63, 3.8) is 0 Å². The molecule has 0 radical (unpaired) electrons. The first kappa shape index (κ1) is 11.4. The van der Waals surface area contributed by atoms with E-state index in [2.05, 4.69) is 0 Å². The maximum atomic E-state index is 10.7. The number of aromatic nitrogens is 1. The molecule has 0 atom stereocenters. The van der Waals surface area contributed by atoms with Gasteiger partial charge in [0.2, 0.25) is 0 Å². The summed E-state index contributed by atoms with van der Waals surface area (Å²) in [6, 6.07) is 5.67. The van der Waals surface area contributed by atoms with Crippen molar-refractivity contribution in [2.24, 2.45) is 0 Å². The standard InChI is InChI=1S/C14H12ClNO2/c15-13-5-11-2-4-18-14(11)12(6-13)8-16-3-1-10(7-16)9-17/h1,3,5-7,9H,2,4,8H2. The molecule has 0 spiro atoms. The van der Waals surface area contributed by atoms with Crippen LogP contribution in [-0.2, 0) is 13.0 Å². The summed E-state index contributed by atoms with van der Waals surface area (Å²) in [5.74, 6) is 0.945. The van der Waals surface area contributed by atoms with Gasteiger partial charge in [0, 0.05) is 35.0 Å². The van der Waals surface area contributed by atoms with E-state index in [1.807, 2.05) is 29.1 Å². The zero-order valence-electron chi connectivity index (χ0n) is 9.73. The minimum atomic E-state index is 0.663. The molecule has 1 aliphatic heterocycles. The number of carbonyl (C=O) groups is 1. The molecule has 0 unspecified atom stereocenters. The lowest BCUT2D eigenvalue weighted by atomic mass is 10.1. The van der Waals surface area contributed by atoms with Gasteiger partial charge in [-0.2, -0.15) is 0 Å². The van der Waals surface area contributed by atoms with Crippen LogP contribution in [0.15, 0.2) is 30.6 Å². The number of nitrogens with zero attached hydrogens (tertiary/aromatic N) is 1. The normalized spacial score (nSPS) is 13.2. The van der Waals surface area contributed by atoms with Crippen molar-refractivity contribution in [2.45, 2.75) is 13.0 Å². The summed E-state index contributed by atoms with van der Waals surface area (Å²) < 4.78 is 7.60.